The number of benzene rings is 2. The zero-order chi connectivity index (χ0) is 58.2. The highest BCUT2D eigenvalue weighted by molar-refractivity contribution is 5.97. The second kappa shape index (κ2) is 35.9. The summed E-state index contributed by atoms with van der Waals surface area (Å²) in [7, 11) is 0. The average Bonchev–Trinajstić information content (AvgIpc) is 3.37. The summed E-state index contributed by atoms with van der Waals surface area (Å²) in [5.74, 6) is -5.80. The molecule has 7 amide bonds. The molecule has 28 heteroatoms. The molecule has 27 N–H and O–H groups in total. The molecule has 0 saturated carbocycles. The Morgan fingerprint density at radius 2 is 0.705 bits per heavy atom. The summed E-state index contributed by atoms with van der Waals surface area (Å²) >= 11 is 0. The van der Waals surface area contributed by atoms with E-state index in [1.54, 1.807) is 37.3 Å². The van der Waals surface area contributed by atoms with Gasteiger partial charge in [-0.2, -0.15) is 0 Å². The van der Waals surface area contributed by atoms with Crippen LogP contribution in [0.1, 0.15) is 89.7 Å². The predicted molar refractivity (Wildman–Crippen MR) is 301 cm³/mol. The maximum atomic E-state index is 14.5. The van der Waals surface area contributed by atoms with Crippen LogP contribution in [0, 0.1) is 5.92 Å². The van der Waals surface area contributed by atoms with Crippen LogP contribution < -0.4 is 94.6 Å². The fraction of sp³-hybridized carbons (Fsp3) is 0.540. The van der Waals surface area contributed by atoms with Crippen molar-refractivity contribution < 1.29 is 33.6 Å². The molecule has 2 rings (SSSR count). The van der Waals surface area contributed by atoms with Gasteiger partial charge >= 0.3 is 0 Å². The van der Waals surface area contributed by atoms with Crippen LogP contribution in [0.25, 0.3) is 0 Å². The summed E-state index contributed by atoms with van der Waals surface area (Å²) in [5, 5.41) is 19.5. The number of guanidine groups is 4. The lowest BCUT2D eigenvalue weighted by molar-refractivity contribution is -0.135. The number of amides is 7. The summed E-state index contributed by atoms with van der Waals surface area (Å²) in [6.45, 7) is 5.68. The lowest BCUT2D eigenvalue weighted by atomic mass is 10.0. The quantitative estimate of drug-likeness (QED) is 0.0131. The van der Waals surface area contributed by atoms with Gasteiger partial charge in [-0.3, -0.25) is 58.8 Å². The molecule has 2 aromatic carbocycles. The molecule has 0 fully saturated rings. The Morgan fingerprint density at radius 3 is 1.01 bits per heavy atom. The highest BCUT2D eigenvalue weighted by Crippen LogP contribution is 2.11. The van der Waals surface area contributed by atoms with E-state index in [0.29, 0.717) is 12.0 Å². The Hall–Kier alpha value is -8.27. The average molecular weight is 1090 g/mol. The van der Waals surface area contributed by atoms with E-state index in [0.717, 1.165) is 5.56 Å². The van der Waals surface area contributed by atoms with Gasteiger partial charge in [0.2, 0.25) is 41.4 Å². The Bertz CT molecular complexity index is 2320. The number of rotatable bonds is 37. The predicted octanol–water partition coefficient (Wildman–Crippen LogP) is -4.61. The first-order chi connectivity index (χ1) is 36.9. The van der Waals surface area contributed by atoms with Crippen molar-refractivity contribution in [1.29, 1.82) is 0 Å². The first-order valence-corrected chi connectivity index (χ1v) is 25.9. The van der Waals surface area contributed by atoms with E-state index in [9.17, 15) is 33.6 Å². The maximum absolute atomic E-state index is 14.5. The van der Waals surface area contributed by atoms with Crippen LogP contribution >= 0.6 is 0 Å². The van der Waals surface area contributed by atoms with Crippen LogP contribution in [0.4, 0.5) is 0 Å². The lowest BCUT2D eigenvalue weighted by Crippen LogP contribution is -2.60. The van der Waals surface area contributed by atoms with Gasteiger partial charge in [-0.15, -0.1) is 0 Å². The molecule has 0 aromatic heterocycles. The molecule has 0 spiro atoms. The smallest absolute Gasteiger partial charge is 0.244 e. The van der Waals surface area contributed by atoms with Crippen LogP contribution in [0.5, 0.6) is 0 Å². The molecule has 78 heavy (non-hydrogen) atoms. The normalized spacial score (nSPS) is 14.0. The molecule has 0 saturated heterocycles. The highest BCUT2D eigenvalue weighted by atomic mass is 16.2. The van der Waals surface area contributed by atoms with Gasteiger partial charge in [0, 0.05) is 32.6 Å². The highest BCUT2D eigenvalue weighted by Gasteiger charge is 2.33. The largest absolute Gasteiger partial charge is 0.370 e. The number of hydrogen-bond donors (Lipinski definition) is 17. The minimum Gasteiger partial charge on any atom is -0.370 e. The Kier molecular flexibility index (Phi) is 30.3. The molecule has 0 unspecified atom stereocenters. The van der Waals surface area contributed by atoms with Gasteiger partial charge < -0.3 is 89.2 Å². The number of carbonyl (C=O) groups excluding carboxylic acids is 7. The van der Waals surface area contributed by atoms with Crippen LogP contribution in [-0.4, -0.2) is 140 Å². The van der Waals surface area contributed by atoms with Crippen LogP contribution in [-0.2, 0) is 46.4 Å². The molecule has 8 atom stereocenters. The molecule has 2 aromatic rings. The maximum Gasteiger partial charge on any atom is 0.244 e. The van der Waals surface area contributed by atoms with Crippen molar-refractivity contribution in [2.75, 3.05) is 26.2 Å². The number of nitrogens with two attached hydrogens (primary N) is 10. The summed E-state index contributed by atoms with van der Waals surface area (Å²) in [5.41, 5.74) is 57.8. The van der Waals surface area contributed by atoms with E-state index < -0.39 is 89.8 Å². The molecule has 0 bridgehead atoms. The molecule has 0 aliphatic carbocycles. The monoisotopic (exact) mass is 1090 g/mol. The minimum atomic E-state index is -1.38. The molecule has 0 radical (unpaired) electrons. The SMILES string of the molecule is CC(C)C[C@H](N)C(=O)N[C@@H](CCCN=C(N)N)C(=O)N[C@@H](CCCN=C(N)N)C(=O)N[C@@H](CCCN=C(N)N)C(=O)N[C@@H](CCCN=C(N)N)C(=O)N[C@@H](Cc1ccccc1)C(=O)N[C@H](C)N[C@@H](Cc1ccccc1)C(N)=O. The first-order valence-electron chi connectivity index (χ1n) is 25.9. The molecule has 0 aliphatic heterocycles. The zero-order valence-electron chi connectivity index (χ0n) is 45.0. The summed E-state index contributed by atoms with van der Waals surface area (Å²) in [6, 6.07) is 9.71. The summed E-state index contributed by atoms with van der Waals surface area (Å²) < 4.78 is 0. The fourth-order valence-electron chi connectivity index (χ4n) is 7.88. The number of carbonyl (C=O) groups is 7. The van der Waals surface area contributed by atoms with Gasteiger partial charge in [0.25, 0.3) is 0 Å². The van der Waals surface area contributed by atoms with Crippen molar-refractivity contribution in [2.24, 2.45) is 83.2 Å². The van der Waals surface area contributed by atoms with Crippen molar-refractivity contribution in [2.45, 2.75) is 140 Å². The Balaban J connectivity index is 2.55. The van der Waals surface area contributed by atoms with Crippen LogP contribution in [0.15, 0.2) is 80.6 Å². The number of nitrogens with one attached hydrogen (secondary N) is 7. The van der Waals surface area contributed by atoms with Gasteiger partial charge in [-0.25, -0.2) is 0 Å². The van der Waals surface area contributed by atoms with Gasteiger partial charge in [0.05, 0.1) is 18.2 Å². The van der Waals surface area contributed by atoms with E-state index in [1.807, 2.05) is 44.2 Å². The van der Waals surface area contributed by atoms with Crippen LogP contribution in [0.2, 0.25) is 0 Å². The zero-order valence-corrected chi connectivity index (χ0v) is 45.0. The van der Waals surface area contributed by atoms with Crippen molar-refractivity contribution >= 4 is 65.2 Å². The second-order valence-electron chi connectivity index (χ2n) is 19.1. The molecule has 28 nitrogen and oxygen atoms in total. The minimum absolute atomic E-state index is 0.00832. The topological polar surface area (TPSA) is 513 Å². The lowest BCUT2D eigenvalue weighted by Gasteiger charge is -2.28. The third-order valence-electron chi connectivity index (χ3n) is 11.7. The first kappa shape index (κ1) is 65.8. The molecule has 432 valence electrons. The molecular weight excluding hydrogens is 1010 g/mol. The van der Waals surface area contributed by atoms with Gasteiger partial charge in [0.1, 0.15) is 30.2 Å². The number of primary amides is 1. The second-order valence-corrected chi connectivity index (χ2v) is 19.1. The van der Waals surface area contributed by atoms with Crippen molar-refractivity contribution in [3.8, 4) is 0 Å². The summed E-state index contributed by atoms with van der Waals surface area (Å²) in [4.78, 5) is 113. The number of nitrogens with zero attached hydrogens (tertiary/aromatic N) is 4. The third kappa shape index (κ3) is 28.0. The van der Waals surface area contributed by atoms with E-state index in [-0.39, 0.29) is 120 Å². The van der Waals surface area contributed by atoms with E-state index in [4.69, 9.17) is 57.3 Å². The number of hydrogen-bond acceptors (Lipinski definition) is 13. The van der Waals surface area contributed by atoms with Crippen molar-refractivity contribution in [3.63, 3.8) is 0 Å². The van der Waals surface area contributed by atoms with Gasteiger partial charge in [0.15, 0.2) is 23.8 Å². The summed E-state index contributed by atoms with van der Waals surface area (Å²) in [6.07, 6.45) is 0.339. The number of aliphatic imine (C=N–C) groups is 4. The Labute approximate surface area is 455 Å². The van der Waals surface area contributed by atoms with E-state index in [2.05, 4.69) is 57.2 Å². The molecule has 0 aliphatic rings. The Morgan fingerprint density at radius 1 is 0.410 bits per heavy atom. The molecule has 0 heterocycles. The van der Waals surface area contributed by atoms with Crippen LogP contribution in [0.3, 0.4) is 0 Å². The standard InChI is InChI=1S/C50H85N21O7/c1-29(2)26-33(51)41(73)67-34(18-10-22-61-47(53)54)42(74)68-35(19-11-23-62-48(55)56)43(75)69-36(20-12-24-63-49(57)58)44(76)70-37(21-13-25-64-50(59)60)45(77)71-39(28-32-16-8-5-9-17-32)46(78)66-30(3)65-38(40(52)72)27-31-14-6-4-7-15-31/h4-9,14-17,29-30,33-39,65H,10-13,18-28,51H2,1-3H3,(H2,52,72)(H,66,78)(H,67,73)(H,68,74)(H,69,75)(H,70,76)(H,71,77)(H4,53,54,61)(H4,55,56,62)(H4,57,58,63)(H4,59,60,64)/t30-,33+,34+,35+,36+,37+,38+,39+/m1/s1. The van der Waals surface area contributed by atoms with Gasteiger partial charge in [-0.05, 0) is 88.2 Å². The fourth-order valence-corrected chi connectivity index (χ4v) is 7.88. The van der Waals surface area contributed by atoms with E-state index in [1.165, 1.54) is 0 Å². The van der Waals surface area contributed by atoms with Gasteiger partial charge in [-0.1, -0.05) is 74.5 Å². The van der Waals surface area contributed by atoms with Crippen molar-refractivity contribution in [1.82, 2.24) is 37.2 Å². The molecular formula is C50H85N21O7. The third-order valence-corrected chi connectivity index (χ3v) is 11.7. The van der Waals surface area contributed by atoms with Crippen molar-refractivity contribution in [3.05, 3.63) is 71.8 Å². The van der Waals surface area contributed by atoms with E-state index >= 15 is 0 Å².